The van der Waals surface area contributed by atoms with Gasteiger partial charge in [-0.3, -0.25) is 9.78 Å². The second-order valence-corrected chi connectivity index (χ2v) is 4.14. The van der Waals surface area contributed by atoms with Gasteiger partial charge in [0.15, 0.2) is 6.39 Å². The molecule has 5 heteroatoms. The van der Waals surface area contributed by atoms with Gasteiger partial charge in [0.1, 0.15) is 0 Å². The zero-order chi connectivity index (χ0) is 13.8. The van der Waals surface area contributed by atoms with Gasteiger partial charge in [-0.05, 0) is 32.4 Å². The van der Waals surface area contributed by atoms with E-state index in [0.717, 1.165) is 11.4 Å². The third-order valence-corrected chi connectivity index (χ3v) is 3.00. The summed E-state index contributed by atoms with van der Waals surface area (Å²) in [5.41, 5.74) is 2.30. The van der Waals surface area contributed by atoms with Gasteiger partial charge in [0.05, 0.1) is 17.1 Å². The molecule has 2 heterocycles. The van der Waals surface area contributed by atoms with Gasteiger partial charge >= 0.3 is 0 Å². The molecule has 0 aromatic carbocycles. The lowest BCUT2D eigenvalue weighted by atomic mass is 10.2. The molecule has 100 valence electrons. The molecular weight excluding hydrogens is 242 g/mol. The van der Waals surface area contributed by atoms with Crippen LogP contribution in [0.4, 0.5) is 5.69 Å². The van der Waals surface area contributed by atoms with Crippen LogP contribution in [-0.2, 0) is 6.42 Å². The van der Waals surface area contributed by atoms with Crippen molar-refractivity contribution in [1.29, 1.82) is 0 Å². The van der Waals surface area contributed by atoms with E-state index in [4.69, 9.17) is 4.42 Å². The van der Waals surface area contributed by atoms with Crippen LogP contribution < -0.4 is 4.90 Å². The highest BCUT2D eigenvalue weighted by Gasteiger charge is 2.23. The molecule has 0 atom stereocenters. The SMILES string of the molecule is CCc1ncoc1C(=O)N(CC)c1cccnc1C. The first-order valence-corrected chi connectivity index (χ1v) is 6.34. The van der Waals surface area contributed by atoms with Crippen LogP contribution in [-0.4, -0.2) is 22.4 Å². The van der Waals surface area contributed by atoms with Gasteiger partial charge in [0.2, 0.25) is 5.76 Å². The molecule has 0 saturated heterocycles. The van der Waals surface area contributed by atoms with E-state index in [0.29, 0.717) is 24.4 Å². The first-order valence-electron chi connectivity index (χ1n) is 6.34. The number of pyridine rings is 1. The van der Waals surface area contributed by atoms with Crippen LogP contribution in [0, 0.1) is 6.92 Å². The smallest absolute Gasteiger partial charge is 0.296 e. The molecule has 0 fully saturated rings. The molecule has 2 rings (SSSR count). The van der Waals surface area contributed by atoms with Gasteiger partial charge in [-0.25, -0.2) is 4.98 Å². The summed E-state index contributed by atoms with van der Waals surface area (Å²) >= 11 is 0. The first-order chi connectivity index (χ1) is 9.19. The molecule has 0 unspecified atom stereocenters. The lowest BCUT2D eigenvalue weighted by Gasteiger charge is -2.21. The van der Waals surface area contributed by atoms with Crippen molar-refractivity contribution in [2.75, 3.05) is 11.4 Å². The molecule has 1 amide bonds. The van der Waals surface area contributed by atoms with Crippen molar-refractivity contribution in [1.82, 2.24) is 9.97 Å². The van der Waals surface area contributed by atoms with Crippen molar-refractivity contribution in [3.63, 3.8) is 0 Å². The maximum absolute atomic E-state index is 12.5. The highest BCUT2D eigenvalue weighted by molar-refractivity contribution is 6.05. The molecule has 0 aliphatic carbocycles. The summed E-state index contributed by atoms with van der Waals surface area (Å²) in [6.07, 6.45) is 3.69. The summed E-state index contributed by atoms with van der Waals surface area (Å²) in [5, 5.41) is 0. The Hall–Kier alpha value is -2.17. The number of amides is 1. The van der Waals surface area contributed by atoms with Crippen LogP contribution >= 0.6 is 0 Å². The zero-order valence-corrected chi connectivity index (χ0v) is 11.4. The number of oxazole rings is 1. The maximum Gasteiger partial charge on any atom is 0.296 e. The van der Waals surface area contributed by atoms with E-state index in [2.05, 4.69) is 9.97 Å². The van der Waals surface area contributed by atoms with Gasteiger partial charge in [-0.1, -0.05) is 6.92 Å². The molecule has 19 heavy (non-hydrogen) atoms. The fourth-order valence-corrected chi connectivity index (χ4v) is 2.00. The number of nitrogens with zero attached hydrogens (tertiary/aromatic N) is 3. The minimum absolute atomic E-state index is 0.173. The van der Waals surface area contributed by atoms with Gasteiger partial charge < -0.3 is 9.32 Å². The van der Waals surface area contributed by atoms with Crippen LogP contribution in [0.2, 0.25) is 0 Å². The van der Waals surface area contributed by atoms with Crippen molar-refractivity contribution in [3.05, 3.63) is 41.9 Å². The van der Waals surface area contributed by atoms with Crippen LogP contribution in [0.15, 0.2) is 29.1 Å². The molecule has 0 N–H and O–H groups in total. The Labute approximate surface area is 112 Å². The van der Waals surface area contributed by atoms with Crippen molar-refractivity contribution in [2.45, 2.75) is 27.2 Å². The average molecular weight is 259 g/mol. The molecule has 2 aromatic heterocycles. The van der Waals surface area contributed by atoms with Crippen molar-refractivity contribution in [3.8, 4) is 0 Å². The molecule has 0 aliphatic heterocycles. The van der Waals surface area contributed by atoms with Crippen molar-refractivity contribution < 1.29 is 9.21 Å². The number of carbonyl (C=O) groups excluding carboxylic acids is 1. The number of anilines is 1. The van der Waals surface area contributed by atoms with E-state index < -0.39 is 0 Å². The Morgan fingerprint density at radius 3 is 2.79 bits per heavy atom. The molecule has 5 nitrogen and oxygen atoms in total. The van der Waals surface area contributed by atoms with Crippen LogP contribution in [0.25, 0.3) is 0 Å². The van der Waals surface area contributed by atoms with E-state index in [1.165, 1.54) is 6.39 Å². The Bertz CT molecular complexity index is 578. The number of aryl methyl sites for hydroxylation is 2. The maximum atomic E-state index is 12.5. The second-order valence-electron chi connectivity index (χ2n) is 4.14. The standard InChI is InChI=1S/C14H17N3O2/c1-4-11-13(19-9-16-11)14(18)17(5-2)12-7-6-8-15-10(12)3/h6-9H,4-5H2,1-3H3. The monoisotopic (exact) mass is 259 g/mol. The summed E-state index contributed by atoms with van der Waals surface area (Å²) in [5.74, 6) is 0.139. The quantitative estimate of drug-likeness (QED) is 0.846. The Kier molecular flexibility index (Phi) is 3.94. The Morgan fingerprint density at radius 2 is 2.16 bits per heavy atom. The minimum atomic E-state index is -0.173. The summed E-state index contributed by atoms with van der Waals surface area (Å²) in [6, 6.07) is 3.70. The second kappa shape index (κ2) is 5.65. The predicted octanol–water partition coefficient (Wildman–Crippen LogP) is 2.61. The number of carbonyl (C=O) groups is 1. The van der Waals surface area contributed by atoms with Gasteiger partial charge in [-0.2, -0.15) is 0 Å². The largest absolute Gasteiger partial charge is 0.438 e. The van der Waals surface area contributed by atoms with Gasteiger partial charge in [-0.15, -0.1) is 0 Å². The summed E-state index contributed by atoms with van der Waals surface area (Å²) in [7, 11) is 0. The first kappa shape index (κ1) is 13.3. The average Bonchev–Trinajstić information content (AvgIpc) is 2.89. The normalized spacial score (nSPS) is 10.5. The molecule has 2 aromatic rings. The number of hydrogen-bond donors (Lipinski definition) is 0. The van der Waals surface area contributed by atoms with E-state index in [1.807, 2.05) is 32.9 Å². The van der Waals surface area contributed by atoms with E-state index in [9.17, 15) is 4.79 Å². The summed E-state index contributed by atoms with van der Waals surface area (Å²) in [6.45, 7) is 6.30. The third kappa shape index (κ3) is 2.50. The van der Waals surface area contributed by atoms with E-state index >= 15 is 0 Å². The molecular formula is C14H17N3O2. The van der Waals surface area contributed by atoms with Gasteiger partial charge in [0, 0.05) is 12.7 Å². The molecule has 0 saturated carbocycles. The Morgan fingerprint density at radius 1 is 1.37 bits per heavy atom. The van der Waals surface area contributed by atoms with Crippen LogP contribution in [0.5, 0.6) is 0 Å². The summed E-state index contributed by atoms with van der Waals surface area (Å²) < 4.78 is 5.24. The fourth-order valence-electron chi connectivity index (χ4n) is 2.00. The zero-order valence-electron chi connectivity index (χ0n) is 11.4. The fraction of sp³-hybridized carbons (Fsp3) is 0.357. The summed E-state index contributed by atoms with van der Waals surface area (Å²) in [4.78, 5) is 22.5. The molecule has 0 bridgehead atoms. The number of aromatic nitrogens is 2. The predicted molar refractivity (Wildman–Crippen MR) is 72.2 cm³/mol. The minimum Gasteiger partial charge on any atom is -0.438 e. The van der Waals surface area contributed by atoms with E-state index in [-0.39, 0.29) is 5.91 Å². The highest BCUT2D eigenvalue weighted by Crippen LogP contribution is 2.21. The van der Waals surface area contributed by atoms with Crippen molar-refractivity contribution in [2.24, 2.45) is 0 Å². The number of rotatable bonds is 4. The highest BCUT2D eigenvalue weighted by atomic mass is 16.3. The number of hydrogen-bond acceptors (Lipinski definition) is 4. The van der Waals surface area contributed by atoms with E-state index in [1.54, 1.807) is 11.1 Å². The molecule has 0 spiro atoms. The topological polar surface area (TPSA) is 59.2 Å². The Balaban J connectivity index is 2.38. The lowest BCUT2D eigenvalue weighted by Crippen LogP contribution is -2.31. The van der Waals surface area contributed by atoms with Crippen LogP contribution in [0.1, 0.15) is 35.8 Å². The van der Waals surface area contributed by atoms with Crippen LogP contribution in [0.3, 0.4) is 0 Å². The molecule has 0 aliphatic rings. The van der Waals surface area contributed by atoms with Gasteiger partial charge in [0.25, 0.3) is 5.91 Å². The third-order valence-electron chi connectivity index (χ3n) is 3.00. The van der Waals surface area contributed by atoms with Crippen molar-refractivity contribution >= 4 is 11.6 Å². The molecule has 0 radical (unpaired) electrons. The lowest BCUT2D eigenvalue weighted by molar-refractivity contribution is 0.0960.